The summed E-state index contributed by atoms with van der Waals surface area (Å²) in [5, 5.41) is 0. The molecule has 20 heavy (non-hydrogen) atoms. The monoisotopic (exact) mass is 287 g/mol. The van der Waals surface area contributed by atoms with Gasteiger partial charge in [-0.05, 0) is 12.1 Å². The lowest BCUT2D eigenvalue weighted by Gasteiger charge is -2.09. The molecule has 0 saturated heterocycles. The fourth-order valence-electron chi connectivity index (χ4n) is 1.59. The van der Waals surface area contributed by atoms with Crippen molar-refractivity contribution < 1.29 is 22.7 Å². The molecule has 0 spiro atoms. The van der Waals surface area contributed by atoms with Gasteiger partial charge in [-0.3, -0.25) is 10.2 Å². The molecular weight excluding hydrogens is 275 g/mol. The van der Waals surface area contributed by atoms with Gasteiger partial charge in [-0.15, -0.1) is 0 Å². The average Bonchev–Trinajstić information content (AvgIpc) is 2.77. The Balaban J connectivity index is 1.83. The summed E-state index contributed by atoms with van der Waals surface area (Å²) in [6.07, 6.45) is -3.11. The van der Waals surface area contributed by atoms with Crippen LogP contribution in [0, 0.1) is 0 Å². The van der Waals surface area contributed by atoms with Gasteiger partial charge in [0.25, 0.3) is 0 Å². The number of nitrogens with zero attached hydrogens (tertiary/aromatic N) is 2. The smallest absolute Gasteiger partial charge is 0.372 e. The van der Waals surface area contributed by atoms with Crippen molar-refractivity contribution in [2.75, 3.05) is 18.6 Å². The van der Waals surface area contributed by atoms with Gasteiger partial charge in [-0.2, -0.15) is 13.2 Å². The number of fused-ring (bicyclic) bond motifs is 1. The largest absolute Gasteiger partial charge is 0.411 e. The van der Waals surface area contributed by atoms with Gasteiger partial charge in [-0.1, -0.05) is 12.1 Å². The van der Waals surface area contributed by atoms with Crippen LogP contribution >= 0.6 is 0 Å². The number of imidazole rings is 1. The van der Waals surface area contributed by atoms with Crippen molar-refractivity contribution in [2.45, 2.75) is 12.6 Å². The summed E-state index contributed by atoms with van der Waals surface area (Å²) >= 11 is 0. The van der Waals surface area contributed by atoms with E-state index in [1.54, 1.807) is 18.2 Å². The van der Waals surface area contributed by atoms with Crippen LogP contribution in [0.3, 0.4) is 0 Å². The fraction of sp³-hybridized carbons (Fsp3) is 0.333. The standard InChI is InChI=1S/C12H12F3N3O2/c13-12(14,15)7-20-6-5-11(19)17-18-8-16-9-3-1-2-4-10(9)18/h1-4,8H,5-7H2,(H,17,19). The van der Waals surface area contributed by atoms with Crippen molar-refractivity contribution in [3.8, 4) is 0 Å². The second-order valence-corrected chi connectivity index (χ2v) is 4.06. The zero-order valence-electron chi connectivity index (χ0n) is 10.4. The van der Waals surface area contributed by atoms with E-state index >= 15 is 0 Å². The number of carbonyl (C=O) groups is 1. The Kier molecular flexibility index (Phi) is 4.23. The minimum absolute atomic E-state index is 0.164. The van der Waals surface area contributed by atoms with E-state index in [9.17, 15) is 18.0 Å². The highest BCUT2D eigenvalue weighted by Crippen LogP contribution is 2.14. The number of rotatable bonds is 5. The predicted octanol–water partition coefficient (Wildman–Crippen LogP) is 2.08. The maximum absolute atomic E-state index is 11.8. The van der Waals surface area contributed by atoms with Gasteiger partial charge < -0.3 is 4.74 Å². The fourth-order valence-corrected chi connectivity index (χ4v) is 1.59. The molecule has 0 saturated carbocycles. The molecule has 1 amide bonds. The van der Waals surface area contributed by atoms with Gasteiger partial charge in [0.2, 0.25) is 5.91 Å². The highest BCUT2D eigenvalue weighted by Gasteiger charge is 2.27. The number of aromatic nitrogens is 2. The Morgan fingerprint density at radius 3 is 2.85 bits per heavy atom. The molecule has 0 bridgehead atoms. The van der Waals surface area contributed by atoms with Crippen LogP contribution < -0.4 is 5.43 Å². The van der Waals surface area contributed by atoms with E-state index < -0.39 is 18.7 Å². The number of hydrogen-bond donors (Lipinski definition) is 1. The van der Waals surface area contributed by atoms with Crippen LogP contribution in [0.25, 0.3) is 11.0 Å². The van der Waals surface area contributed by atoms with Crippen LogP contribution in [0.2, 0.25) is 0 Å². The SMILES string of the molecule is O=C(CCOCC(F)(F)F)Nn1cnc2ccccc21. The number of hydrogen-bond acceptors (Lipinski definition) is 3. The van der Waals surface area contributed by atoms with Crippen molar-refractivity contribution in [3.05, 3.63) is 30.6 Å². The van der Waals surface area contributed by atoms with E-state index in [2.05, 4.69) is 15.1 Å². The summed E-state index contributed by atoms with van der Waals surface area (Å²) < 4.78 is 41.2. The number of amides is 1. The molecular formula is C12H12F3N3O2. The van der Waals surface area contributed by atoms with Crippen molar-refractivity contribution in [1.82, 2.24) is 9.66 Å². The van der Waals surface area contributed by atoms with Gasteiger partial charge in [-0.25, -0.2) is 9.66 Å². The number of alkyl halides is 3. The third-order valence-electron chi connectivity index (χ3n) is 2.44. The molecule has 0 aliphatic heterocycles. The van der Waals surface area contributed by atoms with Crippen LogP contribution in [-0.2, 0) is 9.53 Å². The normalized spacial score (nSPS) is 11.8. The van der Waals surface area contributed by atoms with Gasteiger partial charge in [0, 0.05) is 0 Å². The third-order valence-corrected chi connectivity index (χ3v) is 2.44. The summed E-state index contributed by atoms with van der Waals surface area (Å²) in [7, 11) is 0. The van der Waals surface area contributed by atoms with Crippen LogP contribution in [0.1, 0.15) is 6.42 Å². The molecule has 2 aromatic rings. The maximum atomic E-state index is 11.8. The molecule has 1 aromatic carbocycles. The first kappa shape index (κ1) is 14.3. The van der Waals surface area contributed by atoms with Gasteiger partial charge in [0.05, 0.1) is 24.1 Å². The molecule has 0 aliphatic carbocycles. The number of benzene rings is 1. The topological polar surface area (TPSA) is 56.1 Å². The van der Waals surface area contributed by atoms with Crippen LogP contribution in [0.4, 0.5) is 13.2 Å². The van der Waals surface area contributed by atoms with E-state index in [4.69, 9.17) is 0 Å². The van der Waals surface area contributed by atoms with E-state index in [1.165, 1.54) is 11.0 Å². The number of carbonyl (C=O) groups excluding carboxylic acids is 1. The molecule has 1 N–H and O–H groups in total. The minimum Gasteiger partial charge on any atom is -0.372 e. The van der Waals surface area contributed by atoms with Gasteiger partial charge in [0.1, 0.15) is 12.9 Å². The molecule has 0 fully saturated rings. The van der Waals surface area contributed by atoms with Crippen LogP contribution in [-0.4, -0.2) is 35.0 Å². The lowest BCUT2D eigenvalue weighted by molar-refractivity contribution is -0.174. The zero-order chi connectivity index (χ0) is 14.6. The quantitative estimate of drug-likeness (QED) is 0.857. The van der Waals surface area contributed by atoms with Crippen molar-refractivity contribution >= 4 is 16.9 Å². The lowest BCUT2D eigenvalue weighted by Crippen LogP contribution is -2.24. The number of nitrogens with one attached hydrogen (secondary N) is 1. The molecule has 0 aliphatic rings. The van der Waals surface area contributed by atoms with E-state index in [0.717, 1.165) is 0 Å². The van der Waals surface area contributed by atoms with E-state index in [1.807, 2.05) is 6.07 Å². The maximum Gasteiger partial charge on any atom is 0.411 e. The van der Waals surface area contributed by atoms with Gasteiger partial charge in [0.15, 0.2) is 0 Å². The average molecular weight is 287 g/mol. The molecule has 2 rings (SSSR count). The van der Waals surface area contributed by atoms with Crippen molar-refractivity contribution in [1.29, 1.82) is 0 Å². The second-order valence-electron chi connectivity index (χ2n) is 4.06. The molecule has 1 heterocycles. The highest BCUT2D eigenvalue weighted by molar-refractivity contribution is 5.86. The van der Waals surface area contributed by atoms with Crippen molar-refractivity contribution in [2.24, 2.45) is 0 Å². The Hall–Kier alpha value is -2.09. The molecule has 1 aromatic heterocycles. The molecule has 5 nitrogen and oxygen atoms in total. The Bertz CT molecular complexity index is 595. The first-order chi connectivity index (χ1) is 9.46. The summed E-state index contributed by atoms with van der Waals surface area (Å²) in [5.41, 5.74) is 3.93. The van der Waals surface area contributed by atoms with Crippen LogP contribution in [0.5, 0.6) is 0 Å². The van der Waals surface area contributed by atoms with Crippen molar-refractivity contribution in [3.63, 3.8) is 0 Å². The van der Waals surface area contributed by atoms with E-state index in [-0.39, 0.29) is 13.0 Å². The summed E-state index contributed by atoms with van der Waals surface area (Å²) in [6.45, 7) is -1.65. The zero-order valence-corrected chi connectivity index (χ0v) is 10.4. The molecule has 108 valence electrons. The molecule has 8 heteroatoms. The lowest BCUT2D eigenvalue weighted by atomic mass is 10.3. The predicted molar refractivity (Wildman–Crippen MR) is 65.6 cm³/mol. The first-order valence-corrected chi connectivity index (χ1v) is 5.82. The Morgan fingerprint density at radius 1 is 1.35 bits per heavy atom. The minimum atomic E-state index is -4.38. The molecule has 0 radical (unpaired) electrons. The van der Waals surface area contributed by atoms with Crippen LogP contribution in [0.15, 0.2) is 30.6 Å². The number of halogens is 3. The summed E-state index contributed by atoms with van der Waals surface area (Å²) in [6, 6.07) is 7.15. The third kappa shape index (κ3) is 3.95. The molecule has 0 atom stereocenters. The van der Waals surface area contributed by atoms with Gasteiger partial charge >= 0.3 is 6.18 Å². The molecule has 0 unspecified atom stereocenters. The Labute approximate surface area is 112 Å². The summed E-state index contributed by atoms with van der Waals surface area (Å²) in [4.78, 5) is 15.6. The summed E-state index contributed by atoms with van der Waals surface area (Å²) in [5.74, 6) is -0.449. The number of para-hydroxylation sites is 2. The van der Waals surface area contributed by atoms with E-state index in [0.29, 0.717) is 11.0 Å². The Morgan fingerprint density at radius 2 is 2.10 bits per heavy atom. The second kappa shape index (κ2) is 5.91. The number of ether oxygens (including phenoxy) is 1. The highest BCUT2D eigenvalue weighted by atomic mass is 19.4. The first-order valence-electron chi connectivity index (χ1n) is 5.82.